The van der Waals surface area contributed by atoms with Gasteiger partial charge in [-0.3, -0.25) is 0 Å². The second kappa shape index (κ2) is 6.50. The minimum Gasteiger partial charge on any atom is -0.0970 e. The van der Waals surface area contributed by atoms with Crippen molar-refractivity contribution in [2.45, 2.75) is 30.6 Å². The van der Waals surface area contributed by atoms with E-state index in [9.17, 15) is 0 Å². The molecule has 0 fully saturated rings. The third kappa shape index (κ3) is 3.67. The van der Waals surface area contributed by atoms with Gasteiger partial charge in [-0.2, -0.15) is 0 Å². The van der Waals surface area contributed by atoms with Crippen LogP contribution in [0.4, 0.5) is 0 Å². The standard InChI is InChI=1S/C14H15IS/c15-14(12-7-3-1-4-8-12)11-16-13-9-5-2-6-10-13/h2,5-7,9-11H,1,3-4,8H2/b14-11-. The lowest BCUT2D eigenvalue weighted by atomic mass is 10.00. The van der Waals surface area contributed by atoms with Crippen LogP contribution in [0.3, 0.4) is 0 Å². The first-order chi connectivity index (χ1) is 7.86. The van der Waals surface area contributed by atoms with Crippen molar-refractivity contribution in [2.24, 2.45) is 0 Å². The number of benzene rings is 1. The second-order valence-corrected chi connectivity index (χ2v) is 5.98. The molecule has 0 saturated carbocycles. The van der Waals surface area contributed by atoms with Crippen molar-refractivity contribution in [2.75, 3.05) is 0 Å². The van der Waals surface area contributed by atoms with Crippen LogP contribution in [0.2, 0.25) is 0 Å². The van der Waals surface area contributed by atoms with Gasteiger partial charge in [-0.25, -0.2) is 0 Å². The summed E-state index contributed by atoms with van der Waals surface area (Å²) in [6.07, 6.45) is 7.62. The summed E-state index contributed by atoms with van der Waals surface area (Å²) in [5.41, 5.74) is 1.54. The highest BCUT2D eigenvalue weighted by Crippen LogP contribution is 2.31. The van der Waals surface area contributed by atoms with Crippen molar-refractivity contribution in [3.8, 4) is 0 Å². The molecule has 0 atom stereocenters. The van der Waals surface area contributed by atoms with Crippen LogP contribution >= 0.6 is 34.4 Å². The molecule has 0 amide bonds. The van der Waals surface area contributed by atoms with Crippen molar-refractivity contribution in [3.63, 3.8) is 0 Å². The zero-order valence-corrected chi connectivity index (χ0v) is 12.1. The molecule has 1 aromatic carbocycles. The Kier molecular flexibility index (Phi) is 4.97. The van der Waals surface area contributed by atoms with Crippen molar-refractivity contribution in [3.05, 3.63) is 51.0 Å². The Morgan fingerprint density at radius 2 is 2.00 bits per heavy atom. The number of halogens is 1. The van der Waals surface area contributed by atoms with Gasteiger partial charge in [0.25, 0.3) is 0 Å². The van der Waals surface area contributed by atoms with Crippen LogP contribution in [-0.2, 0) is 0 Å². The topological polar surface area (TPSA) is 0 Å². The van der Waals surface area contributed by atoms with Crippen molar-refractivity contribution >= 4 is 34.4 Å². The molecule has 0 aliphatic heterocycles. The normalized spacial score (nSPS) is 17.1. The molecular weight excluding hydrogens is 327 g/mol. The molecule has 1 aliphatic carbocycles. The van der Waals surface area contributed by atoms with E-state index in [4.69, 9.17) is 0 Å². The summed E-state index contributed by atoms with van der Waals surface area (Å²) < 4.78 is 1.41. The number of hydrogen-bond donors (Lipinski definition) is 0. The molecule has 1 aliphatic rings. The van der Waals surface area contributed by atoms with E-state index >= 15 is 0 Å². The third-order valence-corrected chi connectivity index (χ3v) is 4.96. The SMILES string of the molecule is I/C(=C\Sc1ccccc1)C1=CCCCC1. The summed E-state index contributed by atoms with van der Waals surface area (Å²) in [5, 5.41) is 2.27. The van der Waals surface area contributed by atoms with Crippen molar-refractivity contribution < 1.29 is 0 Å². The van der Waals surface area contributed by atoms with Crippen LogP contribution in [0.5, 0.6) is 0 Å². The number of hydrogen-bond acceptors (Lipinski definition) is 1. The summed E-state index contributed by atoms with van der Waals surface area (Å²) in [6, 6.07) is 10.5. The molecule has 0 heterocycles. The lowest BCUT2D eigenvalue weighted by Gasteiger charge is -2.11. The van der Waals surface area contributed by atoms with E-state index < -0.39 is 0 Å². The van der Waals surface area contributed by atoms with Gasteiger partial charge in [0.2, 0.25) is 0 Å². The van der Waals surface area contributed by atoms with E-state index in [1.807, 2.05) is 11.8 Å². The molecule has 0 saturated heterocycles. The van der Waals surface area contributed by atoms with Gasteiger partial charge in [-0.1, -0.05) is 36.0 Å². The molecule has 84 valence electrons. The average molecular weight is 342 g/mol. The van der Waals surface area contributed by atoms with E-state index in [2.05, 4.69) is 64.4 Å². The van der Waals surface area contributed by atoms with Gasteiger partial charge in [-0.05, 0) is 71.4 Å². The first-order valence-electron chi connectivity index (χ1n) is 5.63. The van der Waals surface area contributed by atoms with Crippen LogP contribution in [-0.4, -0.2) is 0 Å². The first-order valence-corrected chi connectivity index (χ1v) is 7.59. The van der Waals surface area contributed by atoms with Crippen LogP contribution in [0, 0.1) is 0 Å². The minimum atomic E-state index is 1.25. The molecule has 16 heavy (non-hydrogen) atoms. The fourth-order valence-corrected chi connectivity index (χ4v) is 3.33. The first kappa shape index (κ1) is 12.2. The summed E-state index contributed by atoms with van der Waals surface area (Å²) in [5.74, 6) is 0. The van der Waals surface area contributed by atoms with Gasteiger partial charge in [0.15, 0.2) is 0 Å². The Bertz CT molecular complexity index is 392. The molecule has 2 heteroatoms. The van der Waals surface area contributed by atoms with Crippen molar-refractivity contribution in [1.82, 2.24) is 0 Å². The molecule has 2 rings (SSSR count). The van der Waals surface area contributed by atoms with Crippen LogP contribution in [0.1, 0.15) is 25.7 Å². The zero-order chi connectivity index (χ0) is 11.2. The Morgan fingerprint density at radius 3 is 2.69 bits per heavy atom. The molecule has 0 radical (unpaired) electrons. The molecule has 0 spiro atoms. The number of rotatable bonds is 3. The fourth-order valence-electron chi connectivity index (χ4n) is 1.75. The lowest BCUT2D eigenvalue weighted by Crippen LogP contribution is -1.90. The van der Waals surface area contributed by atoms with Gasteiger partial charge >= 0.3 is 0 Å². The van der Waals surface area contributed by atoms with Gasteiger partial charge in [-0.15, -0.1) is 0 Å². The van der Waals surface area contributed by atoms with Gasteiger partial charge in [0, 0.05) is 8.48 Å². The maximum Gasteiger partial charge on any atom is 0.0225 e. The monoisotopic (exact) mass is 342 g/mol. The van der Waals surface area contributed by atoms with Crippen LogP contribution in [0.15, 0.2) is 55.9 Å². The van der Waals surface area contributed by atoms with Gasteiger partial charge in [0.1, 0.15) is 0 Å². The van der Waals surface area contributed by atoms with E-state index in [-0.39, 0.29) is 0 Å². The molecule has 0 bridgehead atoms. The summed E-state index contributed by atoms with van der Waals surface area (Å²) in [6.45, 7) is 0. The Hall–Kier alpha value is -0.220. The van der Waals surface area contributed by atoms with Crippen LogP contribution < -0.4 is 0 Å². The molecular formula is C14H15IS. The number of thioether (sulfide) groups is 1. The largest absolute Gasteiger partial charge is 0.0970 e. The highest BCUT2D eigenvalue weighted by Gasteiger charge is 2.06. The predicted octanol–water partition coefficient (Wildman–Crippen LogP) is 5.56. The van der Waals surface area contributed by atoms with E-state index in [0.29, 0.717) is 0 Å². The molecule has 1 aromatic rings. The lowest BCUT2D eigenvalue weighted by molar-refractivity contribution is 0.711. The molecule has 0 aromatic heterocycles. The highest BCUT2D eigenvalue weighted by molar-refractivity contribution is 14.1. The van der Waals surface area contributed by atoms with Gasteiger partial charge in [0.05, 0.1) is 0 Å². The summed E-state index contributed by atoms with van der Waals surface area (Å²) in [7, 11) is 0. The quantitative estimate of drug-likeness (QED) is 0.512. The minimum absolute atomic E-state index is 1.25. The highest BCUT2D eigenvalue weighted by atomic mass is 127. The summed E-state index contributed by atoms with van der Waals surface area (Å²) in [4.78, 5) is 1.31. The van der Waals surface area contributed by atoms with Crippen LogP contribution in [0.25, 0.3) is 0 Å². The van der Waals surface area contributed by atoms with E-state index in [1.54, 1.807) is 0 Å². The fraction of sp³-hybridized carbons (Fsp3) is 0.286. The Labute approximate surface area is 115 Å². The third-order valence-electron chi connectivity index (χ3n) is 2.64. The maximum absolute atomic E-state index is 2.46. The average Bonchev–Trinajstić information content (AvgIpc) is 2.38. The van der Waals surface area contributed by atoms with Crippen molar-refractivity contribution in [1.29, 1.82) is 0 Å². The van der Waals surface area contributed by atoms with Gasteiger partial charge < -0.3 is 0 Å². The second-order valence-electron chi connectivity index (χ2n) is 3.87. The smallest absolute Gasteiger partial charge is 0.0225 e. The predicted molar refractivity (Wildman–Crippen MR) is 81.0 cm³/mol. The zero-order valence-electron chi connectivity index (χ0n) is 9.16. The Morgan fingerprint density at radius 1 is 1.19 bits per heavy atom. The maximum atomic E-state index is 2.46. The molecule has 0 N–H and O–H groups in total. The Balaban J connectivity index is 1.99. The molecule has 0 nitrogen and oxygen atoms in total. The van der Waals surface area contributed by atoms with E-state index in [1.165, 1.54) is 39.7 Å². The van der Waals surface area contributed by atoms with E-state index in [0.717, 1.165) is 0 Å². The summed E-state index contributed by atoms with van der Waals surface area (Å²) >= 11 is 4.27. The number of allylic oxidation sites excluding steroid dienone is 3. The molecule has 0 unspecified atom stereocenters.